The van der Waals surface area contributed by atoms with Crippen LogP contribution in [0.25, 0.3) is 11.0 Å². The molecular weight excluding hydrogens is 441 g/mol. The molecule has 1 aliphatic rings. The Labute approximate surface area is 192 Å². The van der Waals surface area contributed by atoms with Crippen LogP contribution in [-0.2, 0) is 4.74 Å². The van der Waals surface area contributed by atoms with E-state index < -0.39 is 29.2 Å². The van der Waals surface area contributed by atoms with Crippen LogP contribution in [0.2, 0.25) is 0 Å². The van der Waals surface area contributed by atoms with Crippen molar-refractivity contribution in [3.63, 3.8) is 0 Å². The summed E-state index contributed by atoms with van der Waals surface area (Å²) in [5.41, 5.74) is 0.921. The van der Waals surface area contributed by atoms with E-state index in [-0.39, 0.29) is 34.6 Å². The predicted octanol–water partition coefficient (Wildman–Crippen LogP) is 4.56. The zero-order chi connectivity index (χ0) is 24.0. The van der Waals surface area contributed by atoms with Crippen LogP contribution in [0, 0.1) is 5.82 Å². The molecule has 0 saturated heterocycles. The molecular formula is C26H18FNO6. The van der Waals surface area contributed by atoms with Crippen molar-refractivity contribution < 1.29 is 28.2 Å². The third-order valence-corrected chi connectivity index (χ3v) is 5.70. The molecule has 2 heterocycles. The van der Waals surface area contributed by atoms with Gasteiger partial charge in [-0.05, 0) is 67.1 Å². The van der Waals surface area contributed by atoms with E-state index >= 15 is 0 Å². The largest absolute Gasteiger partial charge is 0.508 e. The van der Waals surface area contributed by atoms with Crippen molar-refractivity contribution in [2.24, 2.45) is 0 Å². The van der Waals surface area contributed by atoms with E-state index in [0.717, 1.165) is 12.1 Å². The summed E-state index contributed by atoms with van der Waals surface area (Å²) in [6, 6.07) is 14.9. The van der Waals surface area contributed by atoms with Crippen LogP contribution in [0.4, 0.5) is 10.1 Å². The molecule has 1 aliphatic heterocycles. The van der Waals surface area contributed by atoms with Gasteiger partial charge >= 0.3 is 5.97 Å². The first-order valence-electron chi connectivity index (χ1n) is 10.5. The predicted molar refractivity (Wildman–Crippen MR) is 122 cm³/mol. The van der Waals surface area contributed by atoms with Crippen molar-refractivity contribution >= 4 is 28.5 Å². The highest BCUT2D eigenvalue weighted by Crippen LogP contribution is 2.41. The first kappa shape index (κ1) is 21.4. The number of esters is 1. The van der Waals surface area contributed by atoms with E-state index in [4.69, 9.17) is 9.15 Å². The van der Waals surface area contributed by atoms with E-state index in [1.54, 1.807) is 31.2 Å². The lowest BCUT2D eigenvalue weighted by Gasteiger charge is -2.25. The molecule has 34 heavy (non-hydrogen) atoms. The van der Waals surface area contributed by atoms with Gasteiger partial charge in [-0.1, -0.05) is 12.1 Å². The SMILES string of the molecule is CCOC(=O)c1ccc(N2C(=O)c3oc4ccc(F)cc4c(=O)c3C2c2ccc(O)cc2)cc1. The van der Waals surface area contributed by atoms with Gasteiger partial charge in [-0.15, -0.1) is 0 Å². The van der Waals surface area contributed by atoms with E-state index in [1.807, 2.05) is 0 Å². The average Bonchev–Trinajstić information content (AvgIpc) is 3.13. The molecule has 3 aromatic carbocycles. The Bertz CT molecular complexity index is 1490. The van der Waals surface area contributed by atoms with Crippen LogP contribution in [0.1, 0.15) is 45.0 Å². The number of halogens is 1. The Kier molecular flexibility index (Phi) is 5.13. The standard InChI is InChI=1S/C26H18FNO6/c1-2-33-26(32)15-3-8-17(9-4-15)28-22(14-5-10-18(29)11-6-14)21-23(30)19-13-16(27)7-12-20(19)34-24(21)25(28)31/h3-13,22,29H,2H2,1H3. The van der Waals surface area contributed by atoms with Crippen LogP contribution in [0.15, 0.2) is 75.9 Å². The highest BCUT2D eigenvalue weighted by Gasteiger charge is 2.43. The van der Waals surface area contributed by atoms with Gasteiger partial charge in [0.15, 0.2) is 5.43 Å². The summed E-state index contributed by atoms with van der Waals surface area (Å²) in [7, 11) is 0. The second-order valence-corrected chi connectivity index (χ2v) is 7.75. The van der Waals surface area contributed by atoms with Crippen molar-refractivity contribution in [1.29, 1.82) is 0 Å². The van der Waals surface area contributed by atoms with Crippen molar-refractivity contribution in [2.45, 2.75) is 13.0 Å². The number of nitrogens with zero attached hydrogens (tertiary/aromatic N) is 1. The molecule has 4 aromatic rings. The molecule has 7 nitrogen and oxygen atoms in total. The third kappa shape index (κ3) is 3.40. The van der Waals surface area contributed by atoms with Crippen molar-refractivity contribution in [3.8, 4) is 5.75 Å². The number of carbonyl (C=O) groups excluding carboxylic acids is 2. The van der Waals surface area contributed by atoms with Gasteiger partial charge in [-0.3, -0.25) is 14.5 Å². The minimum atomic E-state index is -0.888. The molecule has 170 valence electrons. The Hall–Kier alpha value is -4.46. The molecule has 1 aromatic heterocycles. The Morgan fingerprint density at radius 1 is 1.06 bits per heavy atom. The maximum absolute atomic E-state index is 13.9. The van der Waals surface area contributed by atoms with Gasteiger partial charge in [0.2, 0.25) is 5.76 Å². The lowest BCUT2D eigenvalue weighted by molar-refractivity contribution is 0.0526. The number of phenolic OH excluding ortho intramolecular Hbond substituents is 1. The van der Waals surface area contributed by atoms with Gasteiger partial charge in [0.25, 0.3) is 5.91 Å². The highest BCUT2D eigenvalue weighted by atomic mass is 19.1. The maximum atomic E-state index is 13.9. The van der Waals surface area contributed by atoms with Crippen molar-refractivity contribution in [3.05, 3.63) is 105 Å². The molecule has 1 amide bonds. The second-order valence-electron chi connectivity index (χ2n) is 7.75. The van der Waals surface area contributed by atoms with Crippen LogP contribution in [-0.4, -0.2) is 23.6 Å². The number of phenols is 1. The molecule has 0 saturated carbocycles. The number of rotatable bonds is 4. The normalized spacial score (nSPS) is 14.9. The zero-order valence-electron chi connectivity index (χ0n) is 17.9. The first-order valence-corrected chi connectivity index (χ1v) is 10.5. The zero-order valence-corrected chi connectivity index (χ0v) is 17.9. The summed E-state index contributed by atoms with van der Waals surface area (Å²) in [6.07, 6.45) is 0. The number of fused-ring (bicyclic) bond motifs is 2. The van der Waals surface area contributed by atoms with Gasteiger partial charge in [0.05, 0.1) is 29.2 Å². The lowest BCUT2D eigenvalue weighted by atomic mass is 9.98. The molecule has 1 N–H and O–H groups in total. The summed E-state index contributed by atoms with van der Waals surface area (Å²) in [4.78, 5) is 40.4. The minimum Gasteiger partial charge on any atom is -0.508 e. The number of hydrogen-bond acceptors (Lipinski definition) is 6. The summed E-state index contributed by atoms with van der Waals surface area (Å²) in [5, 5.41) is 9.76. The van der Waals surface area contributed by atoms with E-state index in [9.17, 15) is 23.9 Å². The van der Waals surface area contributed by atoms with E-state index in [0.29, 0.717) is 16.8 Å². The second kappa shape index (κ2) is 8.15. The van der Waals surface area contributed by atoms with Gasteiger partial charge in [0, 0.05) is 5.69 Å². The highest BCUT2D eigenvalue weighted by molar-refractivity contribution is 6.10. The maximum Gasteiger partial charge on any atom is 0.338 e. The van der Waals surface area contributed by atoms with E-state index in [1.165, 1.54) is 35.2 Å². The molecule has 0 spiro atoms. The van der Waals surface area contributed by atoms with Crippen molar-refractivity contribution in [2.75, 3.05) is 11.5 Å². The topological polar surface area (TPSA) is 97.0 Å². The van der Waals surface area contributed by atoms with Gasteiger partial charge < -0.3 is 14.3 Å². The van der Waals surface area contributed by atoms with Gasteiger partial charge in [-0.25, -0.2) is 9.18 Å². The summed E-state index contributed by atoms with van der Waals surface area (Å²) in [6.45, 7) is 1.93. The third-order valence-electron chi connectivity index (χ3n) is 5.70. The average molecular weight is 459 g/mol. The smallest absolute Gasteiger partial charge is 0.338 e. The Balaban J connectivity index is 1.70. The molecule has 0 fully saturated rings. The number of carbonyl (C=O) groups is 2. The Morgan fingerprint density at radius 3 is 2.44 bits per heavy atom. The van der Waals surface area contributed by atoms with Gasteiger partial charge in [0.1, 0.15) is 17.1 Å². The summed E-state index contributed by atoms with van der Waals surface area (Å²) >= 11 is 0. The fraction of sp³-hybridized carbons (Fsp3) is 0.115. The molecule has 0 bridgehead atoms. The number of ether oxygens (including phenoxy) is 1. The number of amides is 1. The molecule has 5 rings (SSSR count). The summed E-state index contributed by atoms with van der Waals surface area (Å²) in [5.74, 6) is -1.77. The monoisotopic (exact) mass is 459 g/mol. The minimum absolute atomic E-state index is 0.0197. The number of benzene rings is 3. The summed E-state index contributed by atoms with van der Waals surface area (Å²) < 4.78 is 24.7. The number of anilines is 1. The molecule has 0 radical (unpaired) electrons. The number of aromatic hydroxyl groups is 1. The van der Waals surface area contributed by atoms with Crippen LogP contribution >= 0.6 is 0 Å². The lowest BCUT2D eigenvalue weighted by Crippen LogP contribution is -2.29. The van der Waals surface area contributed by atoms with Crippen LogP contribution in [0.5, 0.6) is 5.75 Å². The first-order chi connectivity index (χ1) is 16.4. The van der Waals surface area contributed by atoms with Crippen LogP contribution in [0.3, 0.4) is 0 Å². The van der Waals surface area contributed by atoms with Gasteiger partial charge in [-0.2, -0.15) is 0 Å². The molecule has 1 unspecified atom stereocenters. The fourth-order valence-corrected chi connectivity index (χ4v) is 4.16. The number of hydrogen-bond donors (Lipinski definition) is 1. The van der Waals surface area contributed by atoms with Crippen molar-refractivity contribution in [1.82, 2.24) is 0 Å². The fourth-order valence-electron chi connectivity index (χ4n) is 4.16. The quantitative estimate of drug-likeness (QED) is 0.449. The van der Waals surface area contributed by atoms with E-state index in [2.05, 4.69) is 0 Å². The Morgan fingerprint density at radius 2 is 1.76 bits per heavy atom. The molecule has 1 atom stereocenters. The van der Waals surface area contributed by atoms with Crippen LogP contribution < -0.4 is 10.3 Å². The molecule has 0 aliphatic carbocycles. The molecule has 8 heteroatoms.